The summed E-state index contributed by atoms with van der Waals surface area (Å²) in [5, 5.41) is -0.258. The minimum Gasteiger partial charge on any atom is -0.324 e. The molecule has 3 nitrogen and oxygen atoms in total. The maximum Gasteiger partial charge on any atom is 0.139 e. The quantitative estimate of drug-likeness (QED) is 0.712. The number of rotatable bonds is 2. The molecular weight excluding hydrogens is 379 g/mol. The molecule has 0 spiro atoms. The van der Waals surface area contributed by atoms with Crippen molar-refractivity contribution in [2.45, 2.75) is 31.2 Å². The third-order valence-corrected chi connectivity index (χ3v) is 6.02. The Bertz CT molecular complexity index is 709. The van der Waals surface area contributed by atoms with Crippen molar-refractivity contribution in [2.75, 3.05) is 11.5 Å². The van der Waals surface area contributed by atoms with E-state index in [4.69, 9.17) is 11.6 Å². The van der Waals surface area contributed by atoms with Gasteiger partial charge >= 0.3 is 0 Å². The average molecular weight is 394 g/mol. The zero-order valence-electron chi connectivity index (χ0n) is 11.5. The molecule has 3 rings (SSSR count). The van der Waals surface area contributed by atoms with Crippen LogP contribution in [0.4, 0.5) is 4.39 Å². The molecule has 0 amide bonds. The van der Waals surface area contributed by atoms with Crippen LogP contribution in [0, 0.1) is 5.82 Å². The number of alkyl halides is 1. The lowest BCUT2D eigenvalue weighted by molar-refractivity contribution is 0.457. The fourth-order valence-corrected chi connectivity index (χ4v) is 4.57. The highest BCUT2D eigenvalue weighted by Crippen LogP contribution is 2.34. The van der Waals surface area contributed by atoms with Crippen LogP contribution in [-0.4, -0.2) is 25.3 Å². The molecule has 1 atom stereocenters. The first-order chi connectivity index (χ1) is 9.97. The van der Waals surface area contributed by atoms with E-state index in [1.54, 1.807) is 6.07 Å². The second-order valence-corrected chi connectivity index (χ2v) is 8.50. The Morgan fingerprint density at radius 1 is 1.48 bits per heavy atom. The highest BCUT2D eigenvalue weighted by molar-refractivity contribution is 9.10. The fourth-order valence-electron chi connectivity index (χ4n) is 2.81. The minimum absolute atomic E-state index is 0.223. The predicted molar refractivity (Wildman–Crippen MR) is 87.8 cm³/mol. The van der Waals surface area contributed by atoms with Crippen LogP contribution >= 0.6 is 27.5 Å². The van der Waals surface area contributed by atoms with Gasteiger partial charge in [0.1, 0.15) is 11.6 Å². The molecule has 1 fully saturated rings. The highest BCUT2D eigenvalue weighted by atomic mass is 79.9. The van der Waals surface area contributed by atoms with Gasteiger partial charge in [-0.3, -0.25) is 4.21 Å². The van der Waals surface area contributed by atoms with Crippen molar-refractivity contribution < 1.29 is 8.60 Å². The summed E-state index contributed by atoms with van der Waals surface area (Å²) in [7, 11) is -0.718. The van der Waals surface area contributed by atoms with E-state index in [2.05, 4.69) is 25.5 Å². The summed E-state index contributed by atoms with van der Waals surface area (Å²) in [6.45, 7) is 1.87. The minimum atomic E-state index is -0.718. The van der Waals surface area contributed by atoms with Crippen molar-refractivity contribution in [1.82, 2.24) is 9.55 Å². The van der Waals surface area contributed by atoms with Gasteiger partial charge in [-0.05, 0) is 41.8 Å². The molecule has 21 heavy (non-hydrogen) atoms. The first kappa shape index (κ1) is 15.4. The number of halogens is 3. The molecule has 1 unspecified atom stereocenters. The predicted octanol–water partition coefficient (Wildman–Crippen LogP) is 4.32. The molecule has 1 aromatic carbocycles. The van der Waals surface area contributed by atoms with Crippen LogP contribution < -0.4 is 0 Å². The molecule has 0 bridgehead atoms. The summed E-state index contributed by atoms with van der Waals surface area (Å²) in [5.41, 5.74) is 1.49. The molecule has 2 aromatic rings. The Morgan fingerprint density at radius 3 is 2.76 bits per heavy atom. The lowest BCUT2D eigenvalue weighted by atomic mass is 10.1. The molecule has 1 aliphatic heterocycles. The van der Waals surface area contributed by atoms with Gasteiger partial charge in [0, 0.05) is 34.4 Å². The molecule has 0 saturated carbocycles. The summed E-state index contributed by atoms with van der Waals surface area (Å²) >= 11 is 9.49. The average Bonchev–Trinajstić information content (AvgIpc) is 2.79. The topological polar surface area (TPSA) is 34.9 Å². The smallest absolute Gasteiger partial charge is 0.139 e. The molecular formula is C14H15BrClFN2OS. The van der Waals surface area contributed by atoms with Crippen molar-refractivity contribution in [3.05, 3.63) is 28.2 Å². The van der Waals surface area contributed by atoms with E-state index in [9.17, 15) is 8.60 Å². The van der Waals surface area contributed by atoms with Crippen LogP contribution in [0.1, 0.15) is 37.0 Å². The van der Waals surface area contributed by atoms with E-state index < -0.39 is 10.8 Å². The fraction of sp³-hybridized carbons (Fsp3) is 0.500. The Labute approximate surface area is 138 Å². The zero-order chi connectivity index (χ0) is 15.1. The van der Waals surface area contributed by atoms with Crippen LogP contribution in [0.3, 0.4) is 0 Å². The van der Waals surface area contributed by atoms with Crippen molar-refractivity contribution in [3.8, 4) is 0 Å². The Balaban J connectivity index is 2.16. The number of imidazole rings is 1. The lowest BCUT2D eigenvalue weighted by Gasteiger charge is -2.26. The van der Waals surface area contributed by atoms with Gasteiger partial charge in [0.15, 0.2) is 0 Å². The second kappa shape index (κ2) is 5.97. The van der Waals surface area contributed by atoms with Gasteiger partial charge in [0.25, 0.3) is 0 Å². The van der Waals surface area contributed by atoms with Gasteiger partial charge in [0.2, 0.25) is 0 Å². The number of hydrogen-bond acceptors (Lipinski definition) is 2. The maximum absolute atomic E-state index is 13.7. The van der Waals surface area contributed by atoms with E-state index in [0.29, 0.717) is 21.5 Å². The summed E-state index contributed by atoms with van der Waals surface area (Å²) in [6, 6.07) is 3.41. The van der Waals surface area contributed by atoms with Crippen molar-refractivity contribution >= 4 is 49.4 Å². The van der Waals surface area contributed by atoms with Crippen LogP contribution in [-0.2, 0) is 10.8 Å². The standard InChI is InChI=1S/C14H15BrClFN2OS/c1-8(16)14-18-12-7-11(17)10(15)6-13(12)19(14)9-2-4-21(20)5-3-9/h6-9H,2-5H2,1H3. The summed E-state index contributed by atoms with van der Waals surface area (Å²) < 4.78 is 27.8. The Morgan fingerprint density at radius 2 is 2.14 bits per heavy atom. The molecule has 0 radical (unpaired) electrons. The van der Waals surface area contributed by atoms with Crippen molar-refractivity contribution in [2.24, 2.45) is 0 Å². The SMILES string of the molecule is CC(Cl)c1nc2cc(F)c(Br)cc2n1C1CCS(=O)CC1. The number of fused-ring (bicyclic) bond motifs is 1. The van der Waals surface area contributed by atoms with E-state index in [1.165, 1.54) is 6.07 Å². The summed E-state index contributed by atoms with van der Waals surface area (Å²) in [6.07, 6.45) is 1.67. The summed E-state index contributed by atoms with van der Waals surface area (Å²) in [4.78, 5) is 4.50. The van der Waals surface area contributed by atoms with Gasteiger partial charge in [-0.25, -0.2) is 9.37 Å². The van der Waals surface area contributed by atoms with Gasteiger partial charge in [0.05, 0.1) is 20.9 Å². The molecule has 2 heterocycles. The lowest BCUT2D eigenvalue weighted by Crippen LogP contribution is -2.23. The van der Waals surface area contributed by atoms with Gasteiger partial charge in [-0.15, -0.1) is 11.6 Å². The van der Waals surface area contributed by atoms with Gasteiger partial charge in [-0.1, -0.05) is 0 Å². The molecule has 114 valence electrons. The third kappa shape index (κ3) is 2.90. The first-order valence-electron chi connectivity index (χ1n) is 6.83. The van der Waals surface area contributed by atoms with Crippen molar-refractivity contribution in [3.63, 3.8) is 0 Å². The van der Waals surface area contributed by atoms with Crippen LogP contribution in [0.5, 0.6) is 0 Å². The van der Waals surface area contributed by atoms with Crippen LogP contribution in [0.25, 0.3) is 11.0 Å². The molecule has 0 N–H and O–H groups in total. The molecule has 7 heteroatoms. The Kier molecular flexibility index (Phi) is 4.39. The van der Waals surface area contributed by atoms with E-state index >= 15 is 0 Å². The normalized spacial score (nSPS) is 24.4. The summed E-state index contributed by atoms with van der Waals surface area (Å²) in [5.74, 6) is 1.82. The van der Waals surface area contributed by atoms with E-state index in [0.717, 1.165) is 24.2 Å². The van der Waals surface area contributed by atoms with E-state index in [-0.39, 0.29) is 17.2 Å². The Hall–Kier alpha value is -0.460. The zero-order valence-corrected chi connectivity index (χ0v) is 14.6. The maximum atomic E-state index is 13.7. The second-order valence-electron chi connectivity index (χ2n) is 5.29. The first-order valence-corrected chi connectivity index (χ1v) is 9.55. The van der Waals surface area contributed by atoms with Crippen LogP contribution in [0.2, 0.25) is 0 Å². The third-order valence-electron chi connectivity index (χ3n) is 3.84. The van der Waals surface area contributed by atoms with Gasteiger partial charge < -0.3 is 4.57 Å². The number of aromatic nitrogens is 2. The monoisotopic (exact) mass is 392 g/mol. The highest BCUT2D eigenvalue weighted by Gasteiger charge is 2.26. The van der Waals surface area contributed by atoms with Crippen molar-refractivity contribution in [1.29, 1.82) is 0 Å². The van der Waals surface area contributed by atoms with E-state index in [1.807, 2.05) is 6.92 Å². The molecule has 1 aliphatic rings. The molecule has 1 saturated heterocycles. The number of benzene rings is 1. The van der Waals surface area contributed by atoms with Crippen LogP contribution in [0.15, 0.2) is 16.6 Å². The van der Waals surface area contributed by atoms with Gasteiger partial charge in [-0.2, -0.15) is 0 Å². The largest absolute Gasteiger partial charge is 0.324 e. The molecule has 1 aromatic heterocycles. The molecule has 0 aliphatic carbocycles. The number of nitrogens with zero attached hydrogens (tertiary/aromatic N) is 2. The number of hydrogen-bond donors (Lipinski definition) is 0.